The predicted molar refractivity (Wildman–Crippen MR) is 113 cm³/mol. The number of carbonyl (C=O) groups is 1. The second-order valence-corrected chi connectivity index (χ2v) is 9.02. The molecule has 2 nitrogen and oxygen atoms in total. The summed E-state index contributed by atoms with van der Waals surface area (Å²) in [5.41, 5.74) is 7.03. The van der Waals surface area contributed by atoms with E-state index in [0.29, 0.717) is 5.75 Å². The van der Waals surface area contributed by atoms with Crippen LogP contribution in [0.15, 0.2) is 42.5 Å². The van der Waals surface area contributed by atoms with Crippen LogP contribution in [0.2, 0.25) is 0 Å². The van der Waals surface area contributed by atoms with Gasteiger partial charge in [0, 0.05) is 6.92 Å². The van der Waals surface area contributed by atoms with E-state index in [1.54, 1.807) is 0 Å². The summed E-state index contributed by atoms with van der Waals surface area (Å²) in [7, 11) is 0. The van der Waals surface area contributed by atoms with E-state index in [4.69, 9.17) is 4.74 Å². The van der Waals surface area contributed by atoms with Gasteiger partial charge in [0.15, 0.2) is 0 Å². The van der Waals surface area contributed by atoms with Crippen LogP contribution in [0.1, 0.15) is 76.6 Å². The van der Waals surface area contributed by atoms with Crippen molar-refractivity contribution in [3.63, 3.8) is 0 Å². The lowest BCUT2D eigenvalue weighted by Gasteiger charge is -2.42. The molecule has 0 unspecified atom stereocenters. The van der Waals surface area contributed by atoms with Gasteiger partial charge in [0.25, 0.3) is 0 Å². The van der Waals surface area contributed by atoms with Crippen LogP contribution in [0.4, 0.5) is 0 Å². The summed E-state index contributed by atoms with van der Waals surface area (Å²) in [6, 6.07) is 14.6. The van der Waals surface area contributed by atoms with Crippen molar-refractivity contribution in [3.05, 3.63) is 64.7 Å². The highest BCUT2D eigenvalue weighted by atomic mass is 16.5. The summed E-state index contributed by atoms with van der Waals surface area (Å²) in [5, 5.41) is 0. The molecular weight excluding hydrogens is 332 g/mol. The van der Waals surface area contributed by atoms with Gasteiger partial charge < -0.3 is 4.74 Å². The average molecular weight is 363 g/mol. The van der Waals surface area contributed by atoms with Crippen LogP contribution in [0.3, 0.4) is 0 Å². The molecule has 0 radical (unpaired) electrons. The van der Waals surface area contributed by atoms with Crippen LogP contribution in [-0.2, 0) is 15.6 Å². The lowest BCUT2D eigenvalue weighted by atomic mass is 9.63. The van der Waals surface area contributed by atoms with E-state index >= 15 is 0 Å². The predicted octanol–water partition coefficient (Wildman–Crippen LogP) is 6.52. The molecular formula is C25H30O2. The summed E-state index contributed by atoms with van der Waals surface area (Å²) in [5.74, 6) is 0.282. The van der Waals surface area contributed by atoms with E-state index in [0.717, 1.165) is 5.56 Å². The number of hydrogen-bond acceptors (Lipinski definition) is 2. The lowest BCUT2D eigenvalue weighted by Crippen LogP contribution is -2.33. The molecule has 1 aliphatic carbocycles. The summed E-state index contributed by atoms with van der Waals surface area (Å²) in [4.78, 5) is 11.0. The largest absolute Gasteiger partial charge is 0.427 e. The number of ether oxygens (including phenoxy) is 1. The van der Waals surface area contributed by atoms with Crippen molar-refractivity contribution in [2.75, 3.05) is 0 Å². The number of hydrogen-bond donors (Lipinski definition) is 0. The van der Waals surface area contributed by atoms with Crippen LogP contribution in [0, 0.1) is 0 Å². The van der Waals surface area contributed by atoms with Crippen molar-refractivity contribution < 1.29 is 9.53 Å². The fourth-order valence-corrected chi connectivity index (χ4v) is 3.97. The third kappa shape index (κ3) is 4.16. The van der Waals surface area contributed by atoms with Crippen molar-refractivity contribution in [2.24, 2.45) is 0 Å². The van der Waals surface area contributed by atoms with Gasteiger partial charge in [-0.05, 0) is 70.6 Å². The highest BCUT2D eigenvalue weighted by molar-refractivity contribution is 5.81. The number of rotatable bonds is 3. The van der Waals surface area contributed by atoms with Crippen molar-refractivity contribution in [1.29, 1.82) is 0 Å². The highest BCUT2D eigenvalue weighted by Gasteiger charge is 2.36. The second kappa shape index (κ2) is 6.99. The first-order valence-electron chi connectivity index (χ1n) is 9.71. The summed E-state index contributed by atoms with van der Waals surface area (Å²) in [6.07, 6.45) is 4.63. The molecule has 0 aromatic heterocycles. The van der Waals surface area contributed by atoms with Gasteiger partial charge in [0.2, 0.25) is 0 Å². The molecule has 0 saturated heterocycles. The minimum Gasteiger partial charge on any atom is -0.427 e. The molecule has 0 atom stereocenters. The normalized spacial score (nSPS) is 17.9. The molecule has 0 amide bonds. The number of allylic oxidation sites excluding steroid dienone is 1. The zero-order valence-corrected chi connectivity index (χ0v) is 17.3. The maximum atomic E-state index is 11.0. The van der Waals surface area contributed by atoms with Gasteiger partial charge in [0.05, 0.1) is 0 Å². The Kier molecular flexibility index (Phi) is 5.03. The quantitative estimate of drug-likeness (QED) is 0.353. The van der Waals surface area contributed by atoms with Gasteiger partial charge in [-0.15, -0.1) is 0 Å². The summed E-state index contributed by atoms with van der Waals surface area (Å²) in [6.45, 7) is 13.0. The molecule has 27 heavy (non-hydrogen) atoms. The maximum absolute atomic E-state index is 11.0. The minimum atomic E-state index is -0.297. The SMILES string of the molecule is CC(=O)Oc1ccc(C=C(C)c2ccc3c(c2)C(C)(C)CCC3(C)C)cc1. The van der Waals surface area contributed by atoms with Gasteiger partial charge in [-0.3, -0.25) is 4.79 Å². The average Bonchev–Trinajstić information content (AvgIpc) is 2.60. The Bertz CT molecular complexity index is 883. The zero-order valence-electron chi connectivity index (χ0n) is 17.3. The molecule has 1 aliphatic rings. The van der Waals surface area contributed by atoms with Gasteiger partial charge in [-0.25, -0.2) is 0 Å². The van der Waals surface area contributed by atoms with E-state index in [2.05, 4.69) is 58.9 Å². The molecule has 3 rings (SSSR count). The van der Waals surface area contributed by atoms with Crippen molar-refractivity contribution in [3.8, 4) is 5.75 Å². The topological polar surface area (TPSA) is 26.3 Å². The van der Waals surface area contributed by atoms with Crippen LogP contribution < -0.4 is 4.74 Å². The molecule has 142 valence electrons. The highest BCUT2D eigenvalue weighted by Crippen LogP contribution is 2.46. The minimum absolute atomic E-state index is 0.215. The first-order valence-corrected chi connectivity index (χ1v) is 9.71. The Morgan fingerprint density at radius 3 is 2.07 bits per heavy atom. The third-order valence-electron chi connectivity index (χ3n) is 5.83. The van der Waals surface area contributed by atoms with Crippen LogP contribution in [0.5, 0.6) is 5.75 Å². The molecule has 2 heteroatoms. The summed E-state index contributed by atoms with van der Waals surface area (Å²) < 4.78 is 5.10. The fraction of sp³-hybridized carbons (Fsp3) is 0.400. The van der Waals surface area contributed by atoms with E-state index < -0.39 is 0 Å². The van der Waals surface area contributed by atoms with E-state index in [-0.39, 0.29) is 16.8 Å². The van der Waals surface area contributed by atoms with E-state index in [1.165, 1.54) is 42.0 Å². The Hall–Kier alpha value is -2.35. The third-order valence-corrected chi connectivity index (χ3v) is 5.83. The standard InChI is InChI=1S/C25H30O2/c1-17(15-19-7-10-21(11-8-19)27-18(2)26)20-9-12-22-23(16-20)25(5,6)14-13-24(22,3)4/h7-12,15-16H,13-14H2,1-6H3. The first kappa shape index (κ1) is 19.4. The molecule has 0 N–H and O–H groups in total. The van der Waals surface area contributed by atoms with Crippen LogP contribution in [0.25, 0.3) is 11.6 Å². The molecule has 2 aromatic rings. The fourth-order valence-electron chi connectivity index (χ4n) is 3.97. The smallest absolute Gasteiger partial charge is 0.308 e. The van der Waals surface area contributed by atoms with E-state index in [1.807, 2.05) is 24.3 Å². The molecule has 0 heterocycles. The van der Waals surface area contributed by atoms with Gasteiger partial charge in [-0.1, -0.05) is 64.1 Å². The maximum Gasteiger partial charge on any atom is 0.308 e. The lowest BCUT2D eigenvalue weighted by molar-refractivity contribution is -0.131. The molecule has 0 aliphatic heterocycles. The number of benzene rings is 2. The zero-order chi connectivity index (χ0) is 19.8. The molecule has 0 bridgehead atoms. The molecule has 2 aromatic carbocycles. The van der Waals surface area contributed by atoms with E-state index in [9.17, 15) is 4.79 Å². The van der Waals surface area contributed by atoms with Gasteiger partial charge >= 0.3 is 5.97 Å². The summed E-state index contributed by atoms with van der Waals surface area (Å²) >= 11 is 0. The molecule has 0 saturated carbocycles. The van der Waals surface area contributed by atoms with Crippen molar-refractivity contribution in [2.45, 2.75) is 65.2 Å². The number of esters is 1. The number of fused-ring (bicyclic) bond motifs is 1. The first-order chi connectivity index (χ1) is 12.6. The monoisotopic (exact) mass is 362 g/mol. The second-order valence-electron chi connectivity index (χ2n) is 9.02. The van der Waals surface area contributed by atoms with Gasteiger partial charge in [0.1, 0.15) is 5.75 Å². The van der Waals surface area contributed by atoms with Crippen molar-refractivity contribution >= 4 is 17.6 Å². The van der Waals surface area contributed by atoms with Crippen LogP contribution in [-0.4, -0.2) is 5.97 Å². The Morgan fingerprint density at radius 1 is 0.889 bits per heavy atom. The van der Waals surface area contributed by atoms with Crippen LogP contribution >= 0.6 is 0 Å². The van der Waals surface area contributed by atoms with Crippen molar-refractivity contribution in [1.82, 2.24) is 0 Å². The Labute approximate surface area is 163 Å². The molecule has 0 fully saturated rings. The Balaban J connectivity index is 1.92. The number of carbonyl (C=O) groups excluding carboxylic acids is 1. The molecule has 0 spiro atoms. The van der Waals surface area contributed by atoms with Gasteiger partial charge in [-0.2, -0.15) is 0 Å². The Morgan fingerprint density at radius 2 is 1.48 bits per heavy atom.